The molecule has 0 fully saturated rings. The molecule has 3 nitrogen and oxygen atoms in total. The Morgan fingerprint density at radius 1 is 1.75 bits per heavy atom. The van der Waals surface area contributed by atoms with Crippen LogP contribution in [0.5, 0.6) is 0 Å². The van der Waals surface area contributed by atoms with Gasteiger partial charge in [-0.15, -0.1) is 24.0 Å². The molecule has 50 valence electrons. The number of carbonyl (C=O) groups is 1. The van der Waals surface area contributed by atoms with Gasteiger partial charge in [-0.2, -0.15) is 0 Å². The highest BCUT2D eigenvalue weighted by Gasteiger charge is 2.09. The summed E-state index contributed by atoms with van der Waals surface area (Å²) in [6.45, 7) is -0.517. The minimum absolute atomic E-state index is 0. The number of hydrogen-bond acceptors (Lipinski definition) is 2. The van der Waals surface area contributed by atoms with Gasteiger partial charge in [0.05, 0.1) is 6.61 Å². The molecule has 0 aromatic heterocycles. The SMILES string of the molecule is Cl.O=C(O)C(Cl)CO. The molecule has 0 rings (SSSR count). The topological polar surface area (TPSA) is 57.5 Å². The van der Waals surface area contributed by atoms with Gasteiger partial charge in [0.25, 0.3) is 0 Å². The van der Waals surface area contributed by atoms with Crippen molar-refractivity contribution >= 4 is 30.0 Å². The highest BCUT2D eigenvalue weighted by molar-refractivity contribution is 6.29. The number of aliphatic hydroxyl groups excluding tert-OH is 1. The third kappa shape index (κ3) is 4.18. The summed E-state index contributed by atoms with van der Waals surface area (Å²) in [6, 6.07) is 0. The summed E-state index contributed by atoms with van der Waals surface area (Å²) in [5.41, 5.74) is 0. The maximum absolute atomic E-state index is 9.64. The van der Waals surface area contributed by atoms with Crippen LogP contribution < -0.4 is 0 Å². The number of aliphatic hydroxyl groups is 1. The fourth-order valence-electron chi connectivity index (χ4n) is 0.0781. The van der Waals surface area contributed by atoms with Crippen LogP contribution in [-0.2, 0) is 4.79 Å². The van der Waals surface area contributed by atoms with Crippen molar-refractivity contribution in [3.05, 3.63) is 0 Å². The van der Waals surface area contributed by atoms with Crippen molar-refractivity contribution in [1.82, 2.24) is 0 Å². The van der Waals surface area contributed by atoms with Crippen LogP contribution >= 0.6 is 24.0 Å². The van der Waals surface area contributed by atoms with Crippen molar-refractivity contribution in [2.75, 3.05) is 6.61 Å². The van der Waals surface area contributed by atoms with Crippen LogP contribution in [0.25, 0.3) is 0 Å². The van der Waals surface area contributed by atoms with Gasteiger partial charge in [0.1, 0.15) is 0 Å². The first-order valence-corrected chi connectivity index (χ1v) is 2.10. The molecule has 5 heteroatoms. The van der Waals surface area contributed by atoms with E-state index in [1.807, 2.05) is 0 Å². The lowest BCUT2D eigenvalue weighted by Gasteiger charge is -1.93. The van der Waals surface area contributed by atoms with E-state index in [4.69, 9.17) is 21.8 Å². The molecular weight excluding hydrogens is 155 g/mol. The van der Waals surface area contributed by atoms with Gasteiger partial charge in [-0.3, -0.25) is 4.79 Å². The molecule has 0 radical (unpaired) electrons. The van der Waals surface area contributed by atoms with Crippen molar-refractivity contribution in [3.8, 4) is 0 Å². The predicted molar refractivity (Wildman–Crippen MR) is 31.6 cm³/mol. The lowest BCUT2D eigenvalue weighted by atomic mass is 10.5. The maximum atomic E-state index is 9.64. The fourth-order valence-corrected chi connectivity index (χ4v) is 0.0781. The average Bonchev–Trinajstić information content (AvgIpc) is 1.65. The zero-order chi connectivity index (χ0) is 5.86. The van der Waals surface area contributed by atoms with E-state index in [1.165, 1.54) is 0 Å². The molecule has 0 aliphatic carbocycles. The number of halogens is 2. The monoisotopic (exact) mass is 160 g/mol. The normalized spacial score (nSPS) is 11.8. The molecule has 0 spiro atoms. The number of hydrogen-bond donors (Lipinski definition) is 2. The Hall–Kier alpha value is 0.01000. The van der Waals surface area contributed by atoms with E-state index in [0.29, 0.717) is 0 Å². The van der Waals surface area contributed by atoms with Crippen LogP contribution in [0.2, 0.25) is 0 Å². The summed E-state index contributed by atoms with van der Waals surface area (Å²) in [4.78, 5) is 9.64. The molecule has 0 amide bonds. The Balaban J connectivity index is 0. The summed E-state index contributed by atoms with van der Waals surface area (Å²) in [6.07, 6.45) is 0. The van der Waals surface area contributed by atoms with Gasteiger partial charge in [-0.1, -0.05) is 0 Å². The lowest BCUT2D eigenvalue weighted by molar-refractivity contribution is -0.137. The van der Waals surface area contributed by atoms with E-state index in [0.717, 1.165) is 0 Å². The summed E-state index contributed by atoms with van der Waals surface area (Å²) < 4.78 is 0. The van der Waals surface area contributed by atoms with E-state index in [-0.39, 0.29) is 12.4 Å². The van der Waals surface area contributed by atoms with Gasteiger partial charge in [-0.05, 0) is 0 Å². The van der Waals surface area contributed by atoms with E-state index in [1.54, 1.807) is 0 Å². The molecule has 0 aliphatic heterocycles. The van der Waals surface area contributed by atoms with Crippen molar-refractivity contribution in [3.63, 3.8) is 0 Å². The van der Waals surface area contributed by atoms with E-state index >= 15 is 0 Å². The molecule has 0 saturated carbocycles. The minimum Gasteiger partial charge on any atom is -0.480 e. The van der Waals surface area contributed by atoms with E-state index in [9.17, 15) is 4.79 Å². The van der Waals surface area contributed by atoms with Gasteiger partial charge in [0.15, 0.2) is 5.38 Å². The molecule has 0 heterocycles. The number of aliphatic carboxylic acids is 1. The van der Waals surface area contributed by atoms with Crippen LogP contribution in [0.15, 0.2) is 0 Å². The second-order valence-electron chi connectivity index (χ2n) is 0.988. The van der Waals surface area contributed by atoms with E-state index in [2.05, 4.69) is 0 Å². The number of alkyl halides is 1. The first-order valence-electron chi connectivity index (χ1n) is 1.66. The number of carboxylic acid groups (broad SMARTS) is 1. The fraction of sp³-hybridized carbons (Fsp3) is 0.667. The number of carboxylic acids is 1. The predicted octanol–water partition coefficient (Wildman–Crippen LogP) is 0.0925. The second kappa shape index (κ2) is 5.15. The molecule has 1 unspecified atom stereocenters. The van der Waals surface area contributed by atoms with Crippen molar-refractivity contribution in [1.29, 1.82) is 0 Å². The van der Waals surface area contributed by atoms with Gasteiger partial charge in [0.2, 0.25) is 0 Å². The molecule has 1 atom stereocenters. The largest absolute Gasteiger partial charge is 0.480 e. The van der Waals surface area contributed by atoms with E-state index < -0.39 is 18.0 Å². The molecule has 8 heavy (non-hydrogen) atoms. The quantitative estimate of drug-likeness (QED) is 0.564. The van der Waals surface area contributed by atoms with Crippen molar-refractivity contribution in [2.45, 2.75) is 5.38 Å². The zero-order valence-corrected chi connectivity index (χ0v) is 5.45. The summed E-state index contributed by atoms with van der Waals surface area (Å²) in [5, 5.41) is 14.7. The van der Waals surface area contributed by atoms with Crippen LogP contribution in [0.3, 0.4) is 0 Å². The minimum atomic E-state index is -1.19. The molecular formula is C3H6Cl2O3. The lowest BCUT2D eigenvalue weighted by Crippen LogP contribution is -2.16. The smallest absolute Gasteiger partial charge is 0.324 e. The third-order valence-corrected chi connectivity index (χ3v) is 0.753. The Morgan fingerprint density at radius 3 is 2.12 bits per heavy atom. The maximum Gasteiger partial charge on any atom is 0.324 e. The summed E-state index contributed by atoms with van der Waals surface area (Å²) in [7, 11) is 0. The van der Waals surface area contributed by atoms with Gasteiger partial charge in [0, 0.05) is 0 Å². The Kier molecular flexibility index (Phi) is 7.02. The molecule has 0 aliphatic rings. The summed E-state index contributed by atoms with van der Waals surface area (Å²) >= 11 is 4.95. The van der Waals surface area contributed by atoms with Crippen LogP contribution in [-0.4, -0.2) is 28.2 Å². The number of rotatable bonds is 2. The molecule has 0 saturated heterocycles. The highest BCUT2D eigenvalue weighted by atomic mass is 35.5. The van der Waals surface area contributed by atoms with Gasteiger partial charge in [-0.25, -0.2) is 0 Å². The summed E-state index contributed by atoms with van der Waals surface area (Å²) in [5.74, 6) is -1.19. The van der Waals surface area contributed by atoms with Crippen LogP contribution in [0, 0.1) is 0 Å². The molecule has 0 aromatic rings. The first kappa shape index (κ1) is 10.9. The Morgan fingerprint density at radius 2 is 2.12 bits per heavy atom. The van der Waals surface area contributed by atoms with Crippen LogP contribution in [0.4, 0.5) is 0 Å². The standard InChI is InChI=1S/C3H5ClO3.ClH/c4-2(1-5)3(6)7;/h2,5H,1H2,(H,6,7);1H. The second-order valence-corrected chi connectivity index (χ2v) is 1.52. The third-order valence-electron chi connectivity index (χ3n) is 0.428. The van der Waals surface area contributed by atoms with Gasteiger partial charge >= 0.3 is 5.97 Å². The van der Waals surface area contributed by atoms with Crippen molar-refractivity contribution < 1.29 is 15.0 Å². The Bertz CT molecular complexity index is 74.9. The zero-order valence-electron chi connectivity index (χ0n) is 3.87. The average molecular weight is 161 g/mol. The van der Waals surface area contributed by atoms with Crippen molar-refractivity contribution in [2.24, 2.45) is 0 Å². The molecule has 0 aromatic carbocycles. The van der Waals surface area contributed by atoms with Crippen LogP contribution in [0.1, 0.15) is 0 Å². The Labute approximate surface area is 57.7 Å². The molecule has 2 N–H and O–H groups in total. The highest BCUT2D eigenvalue weighted by Crippen LogP contribution is 1.90. The molecule has 0 bridgehead atoms. The van der Waals surface area contributed by atoms with Gasteiger partial charge < -0.3 is 10.2 Å². The first-order chi connectivity index (χ1) is 3.18.